The van der Waals surface area contributed by atoms with Crippen LogP contribution in [0.1, 0.15) is 23.2 Å². The van der Waals surface area contributed by atoms with Gasteiger partial charge in [-0.2, -0.15) is 0 Å². The molecule has 1 heterocycles. The molecule has 1 amide bonds. The van der Waals surface area contributed by atoms with Crippen molar-refractivity contribution >= 4 is 27.3 Å². The van der Waals surface area contributed by atoms with E-state index < -0.39 is 31.4 Å². The number of nitrogens with one attached hydrogen (secondary N) is 2. The van der Waals surface area contributed by atoms with Crippen LogP contribution in [0, 0.1) is 10.1 Å². The summed E-state index contributed by atoms with van der Waals surface area (Å²) in [4.78, 5) is 22.4. The van der Waals surface area contributed by atoms with Gasteiger partial charge in [-0.3, -0.25) is 19.6 Å². The molecule has 0 bridgehead atoms. The van der Waals surface area contributed by atoms with Gasteiger partial charge in [0.15, 0.2) is 4.90 Å². The van der Waals surface area contributed by atoms with Gasteiger partial charge in [0, 0.05) is 19.2 Å². The van der Waals surface area contributed by atoms with Crippen LogP contribution in [0.5, 0.6) is 0 Å². The highest BCUT2D eigenvalue weighted by atomic mass is 32.2. The van der Waals surface area contributed by atoms with Crippen LogP contribution in [0.15, 0.2) is 53.4 Å². The van der Waals surface area contributed by atoms with Gasteiger partial charge in [0.1, 0.15) is 0 Å². The van der Waals surface area contributed by atoms with Crippen molar-refractivity contribution in [2.24, 2.45) is 0 Å². The Bertz CT molecular complexity index is 986. The number of hydrogen-bond acceptors (Lipinski definition) is 6. The van der Waals surface area contributed by atoms with Crippen LogP contribution in [0.3, 0.4) is 0 Å². The fourth-order valence-corrected chi connectivity index (χ4v) is 4.17. The molecule has 1 aliphatic heterocycles. The van der Waals surface area contributed by atoms with E-state index in [1.807, 2.05) is 0 Å². The molecule has 1 aliphatic rings. The Morgan fingerprint density at radius 1 is 1.18 bits per heavy atom. The lowest BCUT2D eigenvalue weighted by Crippen LogP contribution is -2.32. The first-order valence-corrected chi connectivity index (χ1v) is 10.1. The number of nitrogens with zero attached hydrogens (tertiary/aromatic N) is 1. The fraction of sp³-hybridized carbons (Fsp3) is 0.278. The fourth-order valence-electron chi connectivity index (χ4n) is 2.91. The van der Waals surface area contributed by atoms with Crippen LogP contribution < -0.4 is 10.0 Å². The Labute approximate surface area is 161 Å². The number of para-hydroxylation sites is 2. The van der Waals surface area contributed by atoms with E-state index >= 15 is 0 Å². The van der Waals surface area contributed by atoms with E-state index in [4.69, 9.17) is 4.74 Å². The number of anilines is 1. The summed E-state index contributed by atoms with van der Waals surface area (Å²) >= 11 is 0. The van der Waals surface area contributed by atoms with Gasteiger partial charge < -0.3 is 10.1 Å². The van der Waals surface area contributed by atoms with Crippen LogP contribution in [0.25, 0.3) is 0 Å². The molecule has 2 N–H and O–H groups in total. The largest absolute Gasteiger partial charge is 0.376 e. The summed E-state index contributed by atoms with van der Waals surface area (Å²) in [6.45, 7) is 0.983. The Morgan fingerprint density at radius 2 is 1.89 bits per heavy atom. The Kier molecular flexibility index (Phi) is 5.90. The predicted molar refractivity (Wildman–Crippen MR) is 102 cm³/mol. The minimum atomic E-state index is -4.27. The molecule has 2 aromatic carbocycles. The second kappa shape index (κ2) is 8.36. The number of sulfonamides is 1. The first-order valence-electron chi connectivity index (χ1n) is 8.63. The first-order chi connectivity index (χ1) is 13.4. The summed E-state index contributed by atoms with van der Waals surface area (Å²) in [6, 6.07) is 11.1. The molecule has 0 aliphatic carbocycles. The third-order valence-electron chi connectivity index (χ3n) is 4.28. The van der Waals surface area contributed by atoms with Crippen molar-refractivity contribution in [3.8, 4) is 0 Å². The summed E-state index contributed by atoms with van der Waals surface area (Å²) < 4.78 is 33.1. The topological polar surface area (TPSA) is 128 Å². The maximum Gasteiger partial charge on any atom is 0.289 e. The monoisotopic (exact) mass is 405 g/mol. The normalized spacial score (nSPS) is 16.5. The molecule has 0 unspecified atom stereocenters. The highest BCUT2D eigenvalue weighted by Crippen LogP contribution is 2.26. The SMILES string of the molecule is O=C(NC[C@H]1CCCO1)c1ccccc1NS(=O)(=O)c1ccccc1[N+](=O)[O-]. The van der Waals surface area contributed by atoms with Gasteiger partial charge in [-0.25, -0.2) is 8.42 Å². The van der Waals surface area contributed by atoms with Crippen LogP contribution in [0.4, 0.5) is 11.4 Å². The minimum absolute atomic E-state index is 0.0329. The average Bonchev–Trinajstić information content (AvgIpc) is 3.20. The zero-order valence-electron chi connectivity index (χ0n) is 14.8. The van der Waals surface area contributed by atoms with E-state index in [0.717, 1.165) is 25.0 Å². The van der Waals surface area contributed by atoms with E-state index in [-0.39, 0.29) is 17.4 Å². The average molecular weight is 405 g/mol. The van der Waals surface area contributed by atoms with Crippen molar-refractivity contribution in [2.75, 3.05) is 17.9 Å². The van der Waals surface area contributed by atoms with E-state index in [1.165, 1.54) is 24.3 Å². The van der Waals surface area contributed by atoms with Gasteiger partial charge in [0.25, 0.3) is 21.6 Å². The third-order valence-corrected chi connectivity index (χ3v) is 5.69. The van der Waals surface area contributed by atoms with Crippen molar-refractivity contribution < 1.29 is 22.9 Å². The summed E-state index contributed by atoms with van der Waals surface area (Å²) in [6.07, 6.45) is 1.73. The predicted octanol–water partition coefficient (Wildman–Crippen LogP) is 2.30. The lowest BCUT2D eigenvalue weighted by atomic mass is 10.1. The molecule has 1 fully saturated rings. The molecule has 3 rings (SSSR count). The summed E-state index contributed by atoms with van der Waals surface area (Å²) in [7, 11) is -4.27. The van der Waals surface area contributed by atoms with Crippen molar-refractivity contribution in [2.45, 2.75) is 23.8 Å². The van der Waals surface area contributed by atoms with Crippen LogP contribution in [-0.4, -0.2) is 38.5 Å². The number of nitro benzene ring substituents is 1. The van der Waals surface area contributed by atoms with Crippen LogP contribution in [0.2, 0.25) is 0 Å². The Balaban J connectivity index is 1.83. The number of ether oxygens (including phenoxy) is 1. The highest BCUT2D eigenvalue weighted by Gasteiger charge is 2.26. The molecule has 0 spiro atoms. The zero-order chi connectivity index (χ0) is 20.1. The van der Waals surface area contributed by atoms with Gasteiger partial charge >= 0.3 is 0 Å². The van der Waals surface area contributed by atoms with Crippen molar-refractivity contribution in [3.05, 3.63) is 64.2 Å². The number of benzene rings is 2. The number of nitro groups is 1. The summed E-state index contributed by atoms with van der Waals surface area (Å²) in [5, 5.41) is 13.9. The van der Waals surface area contributed by atoms with Crippen LogP contribution >= 0.6 is 0 Å². The van der Waals surface area contributed by atoms with Crippen LogP contribution in [-0.2, 0) is 14.8 Å². The highest BCUT2D eigenvalue weighted by molar-refractivity contribution is 7.92. The molecule has 2 aromatic rings. The quantitative estimate of drug-likeness (QED) is 0.537. The smallest absolute Gasteiger partial charge is 0.289 e. The molecule has 0 radical (unpaired) electrons. The van der Waals surface area contributed by atoms with E-state index in [2.05, 4.69) is 10.0 Å². The molecular formula is C18H19N3O6S. The second-order valence-electron chi connectivity index (χ2n) is 6.22. The van der Waals surface area contributed by atoms with E-state index in [9.17, 15) is 23.3 Å². The summed E-state index contributed by atoms with van der Waals surface area (Å²) in [5.41, 5.74) is -0.400. The van der Waals surface area contributed by atoms with Gasteiger partial charge in [0.2, 0.25) is 0 Å². The zero-order valence-corrected chi connectivity index (χ0v) is 15.6. The molecule has 0 saturated carbocycles. The third kappa shape index (κ3) is 4.46. The van der Waals surface area contributed by atoms with Crippen molar-refractivity contribution in [3.63, 3.8) is 0 Å². The molecular weight excluding hydrogens is 386 g/mol. The lowest BCUT2D eigenvalue weighted by molar-refractivity contribution is -0.387. The van der Waals surface area contributed by atoms with Gasteiger partial charge in [-0.15, -0.1) is 0 Å². The van der Waals surface area contributed by atoms with Crippen molar-refractivity contribution in [1.82, 2.24) is 5.32 Å². The number of carbonyl (C=O) groups excluding carboxylic acids is 1. The van der Waals surface area contributed by atoms with Gasteiger partial charge in [-0.05, 0) is 31.0 Å². The molecule has 28 heavy (non-hydrogen) atoms. The Morgan fingerprint density at radius 3 is 2.61 bits per heavy atom. The summed E-state index contributed by atoms with van der Waals surface area (Å²) in [5.74, 6) is -0.462. The van der Waals surface area contributed by atoms with E-state index in [1.54, 1.807) is 12.1 Å². The molecule has 1 atom stereocenters. The minimum Gasteiger partial charge on any atom is -0.376 e. The molecule has 9 nitrogen and oxygen atoms in total. The molecule has 0 aromatic heterocycles. The maximum atomic E-state index is 12.7. The van der Waals surface area contributed by atoms with Gasteiger partial charge in [0.05, 0.1) is 22.3 Å². The number of amides is 1. The lowest BCUT2D eigenvalue weighted by Gasteiger charge is -2.14. The number of hydrogen-bond donors (Lipinski definition) is 2. The molecule has 148 valence electrons. The second-order valence-corrected chi connectivity index (χ2v) is 7.87. The van der Waals surface area contributed by atoms with E-state index in [0.29, 0.717) is 13.2 Å². The Hall–Kier alpha value is -2.98. The molecule has 1 saturated heterocycles. The number of rotatable bonds is 7. The maximum absolute atomic E-state index is 12.7. The number of carbonyl (C=O) groups is 1. The van der Waals surface area contributed by atoms with Gasteiger partial charge in [-0.1, -0.05) is 24.3 Å². The molecule has 10 heteroatoms. The standard InChI is InChI=1S/C18H19N3O6S/c22-18(19-12-13-6-5-11-27-13)14-7-1-2-8-15(14)20-28(25,26)17-10-4-3-9-16(17)21(23)24/h1-4,7-10,13,20H,5-6,11-12H2,(H,19,22)/t13-/m1/s1. The first kappa shape index (κ1) is 19.8. The van der Waals surface area contributed by atoms with Crippen molar-refractivity contribution in [1.29, 1.82) is 0 Å².